The first-order valence-corrected chi connectivity index (χ1v) is 12.0. The molecule has 0 saturated carbocycles. The molecule has 0 bridgehead atoms. The van der Waals surface area contributed by atoms with E-state index in [4.69, 9.17) is 10.1 Å². The number of fused-ring (bicyclic) bond motifs is 1. The average molecular weight is 501 g/mol. The quantitative estimate of drug-likeness (QED) is 0.248. The van der Waals surface area contributed by atoms with Gasteiger partial charge in [0.05, 0.1) is 13.7 Å². The molecule has 1 unspecified atom stereocenters. The van der Waals surface area contributed by atoms with Crippen molar-refractivity contribution in [3.05, 3.63) is 64.7 Å². The van der Waals surface area contributed by atoms with Crippen LogP contribution in [0.1, 0.15) is 27.0 Å². The number of rotatable bonds is 4. The molecule has 3 heterocycles. The fourth-order valence-electron chi connectivity index (χ4n) is 4.75. The molecule has 3 aliphatic rings. The number of benzene rings is 2. The number of carbonyl (C=O) groups excluding carboxylic acids is 3. The third-order valence-corrected chi connectivity index (χ3v) is 6.94. The Hall–Kier alpha value is -4.36. The summed E-state index contributed by atoms with van der Waals surface area (Å²) in [5.74, 6) is 6.07. The van der Waals surface area contributed by atoms with E-state index < -0.39 is 17.5 Å². The maximum Gasteiger partial charge on any atom is 0.323 e. The van der Waals surface area contributed by atoms with Crippen LogP contribution in [0.5, 0.6) is 5.75 Å². The minimum Gasteiger partial charge on any atom is -0.497 e. The summed E-state index contributed by atoms with van der Waals surface area (Å²) in [6, 6.07) is 11.9. The lowest BCUT2D eigenvalue weighted by molar-refractivity contribution is -0.122. The van der Waals surface area contributed by atoms with Crippen molar-refractivity contribution >= 4 is 23.7 Å². The van der Waals surface area contributed by atoms with Gasteiger partial charge in [-0.1, -0.05) is 30.0 Å². The standard InChI is InChI=1S/C27H28N6O4/c1-31-10-12-32(13-11-31)23(28)19-5-3-4-18(14-19)8-9-27(25(35)29-26(36)30-27)17-33-16-20-6-7-21(37-2)15-22(20)24(33)34/h3-7,14-15,28H,10-13,16-17H2,1-2H3,(H2,29,30,35,36). The molecule has 10 nitrogen and oxygen atoms in total. The third-order valence-electron chi connectivity index (χ3n) is 6.94. The number of carbonyl (C=O) groups is 3. The van der Waals surface area contributed by atoms with Gasteiger partial charge in [-0.3, -0.25) is 20.3 Å². The zero-order chi connectivity index (χ0) is 26.2. The number of hydrogen-bond acceptors (Lipinski definition) is 6. The first-order valence-electron chi connectivity index (χ1n) is 12.0. The van der Waals surface area contributed by atoms with Gasteiger partial charge in [-0.15, -0.1) is 0 Å². The number of nitrogens with zero attached hydrogens (tertiary/aromatic N) is 3. The van der Waals surface area contributed by atoms with Crippen molar-refractivity contribution in [2.75, 3.05) is 46.9 Å². The smallest absolute Gasteiger partial charge is 0.323 e. The van der Waals surface area contributed by atoms with Gasteiger partial charge in [0.25, 0.3) is 11.8 Å². The molecule has 190 valence electrons. The van der Waals surface area contributed by atoms with Gasteiger partial charge < -0.3 is 24.8 Å². The van der Waals surface area contributed by atoms with E-state index in [-0.39, 0.29) is 12.5 Å². The summed E-state index contributed by atoms with van der Waals surface area (Å²) in [4.78, 5) is 43.9. The van der Waals surface area contributed by atoms with Crippen LogP contribution in [0, 0.1) is 17.3 Å². The van der Waals surface area contributed by atoms with E-state index in [0.717, 1.165) is 37.3 Å². The maximum absolute atomic E-state index is 13.1. The molecule has 0 aromatic heterocycles. The molecule has 3 aliphatic heterocycles. The number of imide groups is 1. The Morgan fingerprint density at radius 3 is 2.59 bits per heavy atom. The number of piperazine rings is 1. The van der Waals surface area contributed by atoms with Crippen LogP contribution in [0.25, 0.3) is 0 Å². The normalized spacial score (nSPS) is 21.2. The topological polar surface area (TPSA) is 118 Å². The third kappa shape index (κ3) is 4.73. The molecule has 2 saturated heterocycles. The zero-order valence-electron chi connectivity index (χ0n) is 20.8. The molecule has 2 fully saturated rings. The summed E-state index contributed by atoms with van der Waals surface area (Å²) in [5.41, 5.74) is 1.05. The van der Waals surface area contributed by atoms with Crippen molar-refractivity contribution in [3.8, 4) is 17.6 Å². The van der Waals surface area contributed by atoms with E-state index in [0.29, 0.717) is 29.3 Å². The van der Waals surface area contributed by atoms with E-state index in [2.05, 4.69) is 34.4 Å². The van der Waals surface area contributed by atoms with Crippen molar-refractivity contribution < 1.29 is 19.1 Å². The lowest BCUT2D eigenvalue weighted by Crippen LogP contribution is -2.54. The SMILES string of the molecule is COc1ccc2c(c1)C(=O)N(CC1(C#Cc3cccc(C(=N)N4CCN(C)CC4)c3)NC(=O)NC1=O)C2. The largest absolute Gasteiger partial charge is 0.497 e. The number of ether oxygens (including phenoxy) is 1. The molecule has 4 amide bonds. The van der Waals surface area contributed by atoms with Crippen molar-refractivity contribution in [1.29, 1.82) is 5.41 Å². The molecule has 0 spiro atoms. The molecule has 1 atom stereocenters. The van der Waals surface area contributed by atoms with Crippen molar-refractivity contribution in [3.63, 3.8) is 0 Å². The summed E-state index contributed by atoms with van der Waals surface area (Å²) in [7, 11) is 3.60. The molecule has 10 heteroatoms. The number of urea groups is 1. The number of hydrogen-bond donors (Lipinski definition) is 3. The van der Waals surface area contributed by atoms with Gasteiger partial charge in [-0.25, -0.2) is 4.79 Å². The number of nitrogens with one attached hydrogen (secondary N) is 3. The van der Waals surface area contributed by atoms with Gasteiger partial charge in [0.1, 0.15) is 11.6 Å². The highest BCUT2D eigenvalue weighted by molar-refractivity contribution is 6.10. The van der Waals surface area contributed by atoms with Crippen LogP contribution >= 0.6 is 0 Å². The Balaban J connectivity index is 1.39. The number of amidine groups is 1. The molecular formula is C27H28N6O4. The zero-order valence-corrected chi connectivity index (χ0v) is 20.8. The van der Waals surface area contributed by atoms with Crippen LogP contribution in [0.3, 0.4) is 0 Å². The highest BCUT2D eigenvalue weighted by Gasteiger charge is 2.48. The van der Waals surface area contributed by atoms with Gasteiger partial charge in [-0.05, 0) is 36.9 Å². The predicted molar refractivity (Wildman–Crippen MR) is 136 cm³/mol. The Morgan fingerprint density at radius 2 is 1.89 bits per heavy atom. The first-order chi connectivity index (χ1) is 17.8. The second kappa shape index (κ2) is 9.59. The molecule has 3 N–H and O–H groups in total. The summed E-state index contributed by atoms with van der Waals surface area (Å²) in [5, 5.41) is 13.5. The van der Waals surface area contributed by atoms with E-state index in [1.165, 1.54) is 12.0 Å². The van der Waals surface area contributed by atoms with Crippen LogP contribution in [0.2, 0.25) is 0 Å². The van der Waals surface area contributed by atoms with Crippen molar-refractivity contribution in [1.82, 2.24) is 25.3 Å². The highest BCUT2D eigenvalue weighted by Crippen LogP contribution is 2.28. The molecule has 2 aromatic rings. The number of amides is 4. The van der Waals surface area contributed by atoms with Crippen LogP contribution in [0.4, 0.5) is 4.79 Å². The molecule has 5 rings (SSSR count). The van der Waals surface area contributed by atoms with Crippen LogP contribution in [0.15, 0.2) is 42.5 Å². The lowest BCUT2D eigenvalue weighted by atomic mass is 9.98. The van der Waals surface area contributed by atoms with E-state index in [9.17, 15) is 14.4 Å². The second-order valence-electron chi connectivity index (χ2n) is 9.47. The van der Waals surface area contributed by atoms with E-state index in [1.807, 2.05) is 23.1 Å². The van der Waals surface area contributed by atoms with E-state index >= 15 is 0 Å². The Labute approximate surface area is 215 Å². The van der Waals surface area contributed by atoms with Crippen LogP contribution in [-0.4, -0.2) is 90.8 Å². The predicted octanol–water partition coefficient (Wildman–Crippen LogP) is 0.854. The minimum absolute atomic E-state index is 0.107. The van der Waals surface area contributed by atoms with Crippen molar-refractivity contribution in [2.24, 2.45) is 0 Å². The van der Waals surface area contributed by atoms with Gasteiger partial charge in [0.2, 0.25) is 5.54 Å². The second-order valence-corrected chi connectivity index (χ2v) is 9.47. The summed E-state index contributed by atoms with van der Waals surface area (Å²) in [6.45, 7) is 3.53. The van der Waals surface area contributed by atoms with Crippen LogP contribution < -0.4 is 15.4 Å². The van der Waals surface area contributed by atoms with Gasteiger partial charge in [0.15, 0.2) is 0 Å². The van der Waals surface area contributed by atoms with Gasteiger partial charge in [0, 0.05) is 49.4 Å². The first kappa shape index (κ1) is 24.3. The van der Waals surface area contributed by atoms with Crippen molar-refractivity contribution in [2.45, 2.75) is 12.1 Å². The Morgan fingerprint density at radius 1 is 1.11 bits per heavy atom. The summed E-state index contributed by atoms with van der Waals surface area (Å²) in [6.07, 6.45) is 0. The minimum atomic E-state index is -1.60. The van der Waals surface area contributed by atoms with Gasteiger partial charge >= 0.3 is 6.03 Å². The van der Waals surface area contributed by atoms with Gasteiger partial charge in [-0.2, -0.15) is 0 Å². The molecular weight excluding hydrogens is 472 g/mol. The fourth-order valence-corrected chi connectivity index (χ4v) is 4.75. The molecule has 37 heavy (non-hydrogen) atoms. The summed E-state index contributed by atoms with van der Waals surface area (Å²) >= 11 is 0. The summed E-state index contributed by atoms with van der Waals surface area (Å²) < 4.78 is 5.23. The average Bonchev–Trinajstić information content (AvgIpc) is 3.36. The van der Waals surface area contributed by atoms with E-state index in [1.54, 1.807) is 24.3 Å². The Bertz CT molecular complexity index is 1350. The number of likely N-dealkylation sites (N-methyl/N-ethyl adjacent to an activating group) is 1. The van der Waals surface area contributed by atoms with Crippen LogP contribution in [-0.2, 0) is 11.3 Å². The monoisotopic (exact) mass is 500 g/mol. The molecule has 0 aliphatic carbocycles. The molecule has 2 aromatic carbocycles. The highest BCUT2D eigenvalue weighted by atomic mass is 16.5. The fraction of sp³-hybridized carbons (Fsp3) is 0.333. The number of methoxy groups -OCH3 is 1. The molecule has 0 radical (unpaired) electrons. The Kier molecular flexibility index (Phi) is 6.31. The lowest BCUT2D eigenvalue weighted by Gasteiger charge is -2.34. The maximum atomic E-state index is 13.1.